The summed E-state index contributed by atoms with van der Waals surface area (Å²) < 4.78 is 10.6. The van der Waals surface area contributed by atoms with Crippen molar-refractivity contribution in [2.45, 2.75) is 59.5 Å². The average molecular weight is 320 g/mol. The van der Waals surface area contributed by atoms with Crippen LogP contribution in [0, 0.1) is 5.41 Å². The average Bonchev–Trinajstić information content (AvgIpc) is 2.49. The number of ether oxygens (including phenoxy) is 2. The largest absolute Gasteiger partial charge is 0.504 e. The van der Waals surface area contributed by atoms with Crippen molar-refractivity contribution < 1.29 is 14.6 Å². The van der Waals surface area contributed by atoms with Crippen molar-refractivity contribution in [2.75, 3.05) is 13.7 Å². The molecular weight excluding hydrogens is 288 g/mol. The third-order valence-electron chi connectivity index (χ3n) is 3.68. The lowest BCUT2D eigenvalue weighted by Crippen LogP contribution is -2.24. The Morgan fingerprint density at radius 1 is 1.30 bits per heavy atom. The highest BCUT2D eigenvalue weighted by Gasteiger charge is 2.20. The summed E-state index contributed by atoms with van der Waals surface area (Å²) in [6, 6.07) is 5.24. The van der Waals surface area contributed by atoms with Crippen LogP contribution in [0.1, 0.15) is 58.9 Å². The Morgan fingerprint density at radius 2 is 2.04 bits per heavy atom. The number of allylic oxidation sites excluding steroid dienone is 1. The third-order valence-corrected chi connectivity index (χ3v) is 3.68. The van der Waals surface area contributed by atoms with Crippen LogP contribution in [0.3, 0.4) is 0 Å². The smallest absolute Gasteiger partial charge is 0.161 e. The zero-order chi connectivity index (χ0) is 17.3. The topological polar surface area (TPSA) is 38.7 Å². The fourth-order valence-electron chi connectivity index (χ4n) is 2.64. The predicted octanol–water partition coefficient (Wildman–Crippen LogP) is 5.43. The second-order valence-electron chi connectivity index (χ2n) is 7.18. The Bertz CT molecular complexity index is 480. The molecule has 1 fully saturated rings. The second-order valence-corrected chi connectivity index (χ2v) is 7.18. The summed E-state index contributed by atoms with van der Waals surface area (Å²) in [5.74, 6) is 0.677. The maximum Gasteiger partial charge on any atom is 0.161 e. The maximum atomic E-state index is 9.25. The molecule has 0 radical (unpaired) electrons. The molecule has 0 saturated carbocycles. The summed E-state index contributed by atoms with van der Waals surface area (Å²) in [6.07, 6.45) is 9.54. The van der Waals surface area contributed by atoms with Crippen LogP contribution in [0.2, 0.25) is 0 Å². The lowest BCUT2D eigenvalue weighted by molar-refractivity contribution is -0.00699. The zero-order valence-corrected chi connectivity index (χ0v) is 15.3. The van der Waals surface area contributed by atoms with Gasteiger partial charge >= 0.3 is 0 Å². The van der Waals surface area contributed by atoms with Gasteiger partial charge in [-0.15, -0.1) is 0 Å². The van der Waals surface area contributed by atoms with E-state index in [9.17, 15) is 5.11 Å². The van der Waals surface area contributed by atoms with Crippen LogP contribution >= 0.6 is 0 Å². The van der Waals surface area contributed by atoms with Gasteiger partial charge in [-0.1, -0.05) is 39.0 Å². The summed E-state index contributed by atoms with van der Waals surface area (Å²) in [5, 5.41) is 9.25. The van der Waals surface area contributed by atoms with Crippen molar-refractivity contribution in [3.8, 4) is 11.5 Å². The minimum absolute atomic E-state index is 0.172. The van der Waals surface area contributed by atoms with Crippen LogP contribution < -0.4 is 4.74 Å². The van der Waals surface area contributed by atoms with Gasteiger partial charge in [0, 0.05) is 6.61 Å². The Labute approximate surface area is 141 Å². The van der Waals surface area contributed by atoms with E-state index >= 15 is 0 Å². The van der Waals surface area contributed by atoms with Gasteiger partial charge in [-0.2, -0.15) is 0 Å². The Hall–Kier alpha value is -1.48. The molecule has 1 aliphatic heterocycles. The maximum absolute atomic E-state index is 9.25. The molecule has 1 atom stereocenters. The van der Waals surface area contributed by atoms with Crippen LogP contribution in [0.5, 0.6) is 11.5 Å². The number of hydrogen-bond donors (Lipinski definition) is 1. The van der Waals surface area contributed by atoms with E-state index in [4.69, 9.17) is 9.47 Å². The number of benzene rings is 1. The number of hydrogen-bond acceptors (Lipinski definition) is 3. The number of phenolic OH excluding ortho intramolecular Hbond substituents is 1. The van der Waals surface area contributed by atoms with Gasteiger partial charge in [-0.3, -0.25) is 0 Å². The highest BCUT2D eigenvalue weighted by atomic mass is 16.5. The van der Waals surface area contributed by atoms with Gasteiger partial charge in [-0.05, 0) is 55.7 Å². The van der Waals surface area contributed by atoms with Gasteiger partial charge in [-0.25, -0.2) is 0 Å². The number of methoxy groups -OCH3 is 1. The van der Waals surface area contributed by atoms with Crippen molar-refractivity contribution in [3.05, 3.63) is 29.8 Å². The Balaban J connectivity index is 0.000000231. The molecule has 1 heterocycles. The van der Waals surface area contributed by atoms with Gasteiger partial charge in [0.05, 0.1) is 13.2 Å². The van der Waals surface area contributed by atoms with E-state index in [0.717, 1.165) is 12.2 Å². The molecule has 1 unspecified atom stereocenters. The van der Waals surface area contributed by atoms with Crippen molar-refractivity contribution >= 4 is 6.08 Å². The summed E-state index contributed by atoms with van der Waals surface area (Å²) in [7, 11) is 1.54. The molecule has 0 bridgehead atoms. The van der Waals surface area contributed by atoms with Crippen LogP contribution in [0.15, 0.2) is 24.3 Å². The first-order chi connectivity index (χ1) is 10.9. The van der Waals surface area contributed by atoms with E-state index in [1.54, 1.807) is 12.1 Å². The van der Waals surface area contributed by atoms with Gasteiger partial charge in [0.2, 0.25) is 0 Å². The summed E-state index contributed by atoms with van der Waals surface area (Å²) in [5.41, 5.74) is 1.45. The first kappa shape index (κ1) is 19.6. The van der Waals surface area contributed by atoms with Crippen LogP contribution in [0.4, 0.5) is 0 Å². The molecule has 2 rings (SSSR count). The van der Waals surface area contributed by atoms with E-state index in [1.807, 2.05) is 25.1 Å². The minimum Gasteiger partial charge on any atom is -0.504 e. The molecule has 1 saturated heterocycles. The lowest BCUT2D eigenvalue weighted by atomic mass is 9.87. The molecule has 0 aromatic heterocycles. The molecule has 23 heavy (non-hydrogen) atoms. The van der Waals surface area contributed by atoms with Crippen LogP contribution in [-0.2, 0) is 4.74 Å². The summed E-state index contributed by atoms with van der Waals surface area (Å²) in [4.78, 5) is 0. The van der Waals surface area contributed by atoms with Crippen molar-refractivity contribution in [1.82, 2.24) is 0 Å². The SMILES string of the molecule is CC(C)(C)CC1CCCCO1.CC=Cc1ccc(O)c(OC)c1. The molecule has 0 aliphatic carbocycles. The van der Waals surface area contributed by atoms with Crippen LogP contribution in [-0.4, -0.2) is 24.9 Å². The number of phenols is 1. The van der Waals surface area contributed by atoms with E-state index in [-0.39, 0.29) is 5.75 Å². The summed E-state index contributed by atoms with van der Waals surface area (Å²) in [6.45, 7) is 9.78. The first-order valence-corrected chi connectivity index (χ1v) is 8.47. The quantitative estimate of drug-likeness (QED) is 0.807. The number of rotatable bonds is 3. The monoisotopic (exact) mass is 320 g/mol. The summed E-state index contributed by atoms with van der Waals surface area (Å²) >= 11 is 0. The first-order valence-electron chi connectivity index (χ1n) is 8.47. The van der Waals surface area contributed by atoms with Crippen LogP contribution in [0.25, 0.3) is 6.08 Å². The molecule has 0 amide bonds. The van der Waals surface area contributed by atoms with E-state index < -0.39 is 0 Å². The molecule has 1 aromatic carbocycles. The molecular formula is C20H32O3. The standard InChI is InChI=1S/C10H12O2.C10H20O/c1-3-4-8-5-6-9(11)10(7-8)12-2;1-10(2,3)8-9-6-4-5-7-11-9/h3-7,11H,1-2H3;9H,4-8H2,1-3H3. The predicted molar refractivity (Wildman–Crippen MR) is 97.0 cm³/mol. The highest BCUT2D eigenvalue weighted by molar-refractivity contribution is 5.55. The fourth-order valence-corrected chi connectivity index (χ4v) is 2.64. The molecule has 130 valence electrons. The van der Waals surface area contributed by atoms with E-state index in [0.29, 0.717) is 17.3 Å². The fraction of sp³-hybridized carbons (Fsp3) is 0.600. The molecule has 3 heteroatoms. The van der Waals surface area contributed by atoms with Gasteiger partial charge in [0.25, 0.3) is 0 Å². The molecule has 1 aromatic rings. The van der Waals surface area contributed by atoms with E-state index in [1.165, 1.54) is 32.8 Å². The van der Waals surface area contributed by atoms with Gasteiger partial charge < -0.3 is 14.6 Å². The highest BCUT2D eigenvalue weighted by Crippen LogP contribution is 2.27. The zero-order valence-electron chi connectivity index (χ0n) is 15.3. The third kappa shape index (κ3) is 8.08. The lowest BCUT2D eigenvalue weighted by Gasteiger charge is -2.28. The Kier molecular flexibility index (Phi) is 8.18. The van der Waals surface area contributed by atoms with Crippen molar-refractivity contribution in [1.29, 1.82) is 0 Å². The van der Waals surface area contributed by atoms with Gasteiger partial charge in [0.1, 0.15) is 0 Å². The normalized spacial score (nSPS) is 18.4. The molecule has 3 nitrogen and oxygen atoms in total. The molecule has 0 spiro atoms. The molecule has 1 N–H and O–H groups in total. The van der Waals surface area contributed by atoms with Crippen molar-refractivity contribution in [3.63, 3.8) is 0 Å². The minimum atomic E-state index is 0.172. The second kappa shape index (κ2) is 9.61. The van der Waals surface area contributed by atoms with E-state index in [2.05, 4.69) is 20.8 Å². The van der Waals surface area contributed by atoms with Crippen molar-refractivity contribution in [2.24, 2.45) is 5.41 Å². The molecule has 1 aliphatic rings. The van der Waals surface area contributed by atoms with Gasteiger partial charge in [0.15, 0.2) is 11.5 Å². The number of aromatic hydroxyl groups is 1. The Morgan fingerprint density at radius 3 is 2.57 bits per heavy atom.